The van der Waals surface area contributed by atoms with E-state index in [9.17, 15) is 4.79 Å². The Bertz CT molecular complexity index is 665. The van der Waals surface area contributed by atoms with Gasteiger partial charge in [0.15, 0.2) is 0 Å². The second-order valence-electron chi connectivity index (χ2n) is 5.15. The molecule has 0 aliphatic carbocycles. The molecule has 0 unspecified atom stereocenters. The largest absolute Gasteiger partial charge is 0.497 e. The third-order valence-electron chi connectivity index (χ3n) is 3.85. The molecule has 0 atom stereocenters. The molecule has 0 bridgehead atoms. The van der Waals surface area contributed by atoms with Crippen molar-refractivity contribution in [2.75, 3.05) is 19.1 Å². The average molecular weight is 282 g/mol. The van der Waals surface area contributed by atoms with Crippen molar-refractivity contribution in [2.24, 2.45) is 0 Å². The Labute approximate surface area is 124 Å². The second-order valence-corrected chi connectivity index (χ2v) is 5.15. The summed E-state index contributed by atoms with van der Waals surface area (Å²) in [5, 5.41) is 3.29. The molecule has 108 valence electrons. The molecule has 0 spiro atoms. The van der Waals surface area contributed by atoms with Crippen molar-refractivity contribution >= 4 is 11.6 Å². The van der Waals surface area contributed by atoms with Gasteiger partial charge in [0.25, 0.3) is 5.91 Å². The summed E-state index contributed by atoms with van der Waals surface area (Å²) in [6, 6.07) is 13.4. The van der Waals surface area contributed by atoms with Gasteiger partial charge in [-0.3, -0.25) is 4.79 Å². The topological polar surface area (TPSA) is 41.6 Å². The van der Waals surface area contributed by atoms with Crippen LogP contribution in [0, 0.1) is 0 Å². The van der Waals surface area contributed by atoms with Crippen molar-refractivity contribution in [1.82, 2.24) is 5.32 Å². The molecule has 0 saturated heterocycles. The van der Waals surface area contributed by atoms with E-state index < -0.39 is 0 Å². The normalized spacial score (nSPS) is 12.9. The Balaban J connectivity index is 1.83. The lowest BCUT2D eigenvalue weighted by Crippen LogP contribution is -2.26. The maximum absolute atomic E-state index is 12.6. The van der Waals surface area contributed by atoms with E-state index in [-0.39, 0.29) is 5.91 Å². The number of hydrogen-bond acceptors (Lipinski definition) is 3. The molecule has 0 fully saturated rings. The summed E-state index contributed by atoms with van der Waals surface area (Å²) in [5.74, 6) is 0.776. The molecule has 3 rings (SSSR count). The highest BCUT2D eigenvalue weighted by Crippen LogP contribution is 2.22. The molecule has 0 saturated carbocycles. The van der Waals surface area contributed by atoms with Gasteiger partial charge in [-0.25, -0.2) is 0 Å². The van der Waals surface area contributed by atoms with Gasteiger partial charge in [-0.2, -0.15) is 0 Å². The van der Waals surface area contributed by atoms with Crippen molar-refractivity contribution < 1.29 is 9.53 Å². The fourth-order valence-electron chi connectivity index (χ4n) is 2.54. The number of methoxy groups -OCH3 is 1. The zero-order valence-corrected chi connectivity index (χ0v) is 12.2. The molecule has 2 aromatic carbocycles. The lowest BCUT2D eigenvalue weighted by Gasteiger charge is -2.18. The number of rotatable bonds is 3. The van der Waals surface area contributed by atoms with Crippen LogP contribution in [0.2, 0.25) is 0 Å². The fourth-order valence-corrected chi connectivity index (χ4v) is 2.54. The van der Waals surface area contributed by atoms with Gasteiger partial charge in [-0.05, 0) is 47.5 Å². The lowest BCUT2D eigenvalue weighted by molar-refractivity contribution is 0.0993. The summed E-state index contributed by atoms with van der Waals surface area (Å²) in [6.07, 6.45) is 0. The maximum Gasteiger partial charge on any atom is 0.258 e. The van der Waals surface area contributed by atoms with E-state index in [1.165, 1.54) is 11.1 Å². The van der Waals surface area contributed by atoms with E-state index >= 15 is 0 Å². The third-order valence-corrected chi connectivity index (χ3v) is 3.85. The number of amides is 1. The zero-order valence-electron chi connectivity index (χ0n) is 12.2. The first-order chi connectivity index (χ1) is 10.2. The van der Waals surface area contributed by atoms with Crippen LogP contribution in [0.1, 0.15) is 21.5 Å². The molecule has 0 aromatic heterocycles. The summed E-state index contributed by atoms with van der Waals surface area (Å²) >= 11 is 0. The quantitative estimate of drug-likeness (QED) is 0.940. The maximum atomic E-state index is 12.6. The Kier molecular flexibility index (Phi) is 3.62. The minimum absolute atomic E-state index is 0.00475. The van der Waals surface area contributed by atoms with E-state index in [2.05, 4.69) is 5.32 Å². The molecule has 21 heavy (non-hydrogen) atoms. The van der Waals surface area contributed by atoms with Crippen molar-refractivity contribution in [3.63, 3.8) is 0 Å². The first-order valence-corrected chi connectivity index (χ1v) is 6.93. The van der Waals surface area contributed by atoms with Crippen LogP contribution in [-0.4, -0.2) is 20.1 Å². The van der Waals surface area contributed by atoms with Crippen LogP contribution >= 0.6 is 0 Å². The van der Waals surface area contributed by atoms with Crippen LogP contribution in [0.5, 0.6) is 5.75 Å². The molecule has 1 aliphatic rings. The minimum atomic E-state index is -0.00475. The standard InChI is InChI=1S/C17H18N2O2/c1-19(15-5-7-16(21-2)8-6-15)17(20)12-3-4-13-10-18-11-14(13)9-12/h3-9,18H,10-11H2,1-2H3. The third kappa shape index (κ3) is 2.62. The van der Waals surface area contributed by atoms with Crippen molar-refractivity contribution in [3.8, 4) is 5.75 Å². The molecule has 1 N–H and O–H groups in total. The van der Waals surface area contributed by atoms with Crippen molar-refractivity contribution in [3.05, 3.63) is 59.2 Å². The van der Waals surface area contributed by atoms with E-state index in [1.54, 1.807) is 19.1 Å². The number of anilines is 1. The van der Waals surface area contributed by atoms with Crippen LogP contribution in [0.4, 0.5) is 5.69 Å². The highest BCUT2D eigenvalue weighted by molar-refractivity contribution is 6.05. The fraction of sp³-hybridized carbons (Fsp3) is 0.235. The summed E-state index contributed by atoms with van der Waals surface area (Å²) in [4.78, 5) is 14.2. The van der Waals surface area contributed by atoms with Gasteiger partial charge >= 0.3 is 0 Å². The SMILES string of the molecule is COc1ccc(N(C)C(=O)c2ccc3c(c2)CNC3)cc1. The Morgan fingerprint density at radius 3 is 2.52 bits per heavy atom. The highest BCUT2D eigenvalue weighted by atomic mass is 16.5. The predicted molar refractivity (Wildman–Crippen MR) is 82.7 cm³/mol. The van der Waals surface area contributed by atoms with Gasteiger partial charge in [0, 0.05) is 31.4 Å². The van der Waals surface area contributed by atoms with Gasteiger partial charge in [-0.1, -0.05) is 6.07 Å². The van der Waals surface area contributed by atoms with Crippen molar-refractivity contribution in [1.29, 1.82) is 0 Å². The van der Waals surface area contributed by atoms with E-state index in [4.69, 9.17) is 4.74 Å². The van der Waals surface area contributed by atoms with Gasteiger partial charge in [0.2, 0.25) is 0 Å². The summed E-state index contributed by atoms with van der Waals surface area (Å²) in [6.45, 7) is 1.72. The number of ether oxygens (including phenoxy) is 1. The number of carbonyl (C=O) groups is 1. The summed E-state index contributed by atoms with van der Waals surface area (Å²) in [7, 11) is 3.41. The van der Waals surface area contributed by atoms with Gasteiger partial charge in [-0.15, -0.1) is 0 Å². The molecular formula is C17H18N2O2. The second kappa shape index (κ2) is 5.58. The van der Waals surface area contributed by atoms with Crippen molar-refractivity contribution in [2.45, 2.75) is 13.1 Å². The predicted octanol–water partition coefficient (Wildman–Crippen LogP) is 2.58. The molecule has 0 radical (unpaired) electrons. The number of fused-ring (bicyclic) bond motifs is 1. The van der Waals surface area contributed by atoms with Gasteiger partial charge in [0.05, 0.1) is 7.11 Å². The molecule has 1 amide bonds. The van der Waals surface area contributed by atoms with Gasteiger partial charge in [0.1, 0.15) is 5.75 Å². The summed E-state index contributed by atoms with van der Waals surface area (Å²) < 4.78 is 5.13. The number of carbonyl (C=O) groups excluding carboxylic acids is 1. The highest BCUT2D eigenvalue weighted by Gasteiger charge is 2.17. The van der Waals surface area contributed by atoms with E-state index in [0.717, 1.165) is 30.1 Å². The van der Waals surface area contributed by atoms with Crippen LogP contribution in [0.25, 0.3) is 0 Å². The number of nitrogens with zero attached hydrogens (tertiary/aromatic N) is 1. The van der Waals surface area contributed by atoms with E-state index in [1.807, 2.05) is 42.5 Å². The number of hydrogen-bond donors (Lipinski definition) is 1. The smallest absolute Gasteiger partial charge is 0.258 e. The van der Waals surface area contributed by atoms with Crippen LogP contribution < -0.4 is 15.0 Å². The molecule has 4 nitrogen and oxygen atoms in total. The lowest BCUT2D eigenvalue weighted by atomic mass is 10.1. The summed E-state index contributed by atoms with van der Waals surface area (Å²) in [5.41, 5.74) is 4.05. The Hall–Kier alpha value is -2.33. The van der Waals surface area contributed by atoms with Crippen LogP contribution in [0.3, 0.4) is 0 Å². The van der Waals surface area contributed by atoms with E-state index in [0.29, 0.717) is 0 Å². The molecule has 2 aromatic rings. The number of benzene rings is 2. The first kappa shape index (κ1) is 13.6. The van der Waals surface area contributed by atoms with Crippen LogP contribution in [-0.2, 0) is 13.1 Å². The first-order valence-electron chi connectivity index (χ1n) is 6.93. The Morgan fingerprint density at radius 1 is 1.10 bits per heavy atom. The minimum Gasteiger partial charge on any atom is -0.497 e. The number of nitrogens with one attached hydrogen (secondary N) is 1. The average Bonchev–Trinajstić information content (AvgIpc) is 3.01. The molecule has 1 aliphatic heterocycles. The van der Waals surface area contributed by atoms with Gasteiger partial charge < -0.3 is 15.0 Å². The van der Waals surface area contributed by atoms with Crippen LogP contribution in [0.15, 0.2) is 42.5 Å². The Morgan fingerprint density at radius 2 is 1.81 bits per heavy atom. The molecule has 1 heterocycles. The molecular weight excluding hydrogens is 264 g/mol. The monoisotopic (exact) mass is 282 g/mol. The molecule has 4 heteroatoms. The zero-order chi connectivity index (χ0) is 14.8.